The molecule has 4 N–H and O–H groups in total. The molecule has 0 amide bonds. The Morgan fingerprint density at radius 1 is 1.07 bits per heavy atom. The summed E-state index contributed by atoms with van der Waals surface area (Å²) in [6.45, 7) is 0. The van der Waals surface area contributed by atoms with Gasteiger partial charge in [0.05, 0.1) is 11.4 Å². The van der Waals surface area contributed by atoms with Gasteiger partial charge in [-0.05, 0) is 48.4 Å². The largest absolute Gasteiger partial charge is 0.481 e. The highest BCUT2D eigenvalue weighted by Crippen LogP contribution is 2.29. The van der Waals surface area contributed by atoms with Crippen molar-refractivity contribution in [1.82, 2.24) is 14.3 Å². The summed E-state index contributed by atoms with van der Waals surface area (Å²) in [5, 5.41) is 19.6. The molecule has 156 valence electrons. The Hall–Kier alpha value is -3.89. The summed E-state index contributed by atoms with van der Waals surface area (Å²) < 4.78 is 41.7. The lowest BCUT2D eigenvalue weighted by Gasteiger charge is -2.08. The van der Waals surface area contributed by atoms with Crippen molar-refractivity contribution in [3.63, 3.8) is 0 Å². The molecule has 0 unspecified atom stereocenters. The molecule has 3 rings (SSSR count). The molecular weight excluding hydrogens is 403 g/mol. The first kappa shape index (κ1) is 20.8. The van der Waals surface area contributed by atoms with Gasteiger partial charge in [0.15, 0.2) is 0 Å². The fourth-order valence-electron chi connectivity index (χ4n) is 2.80. The second-order valence-electron chi connectivity index (χ2n) is 6.37. The van der Waals surface area contributed by atoms with Crippen LogP contribution in [0.2, 0.25) is 0 Å². The van der Waals surface area contributed by atoms with E-state index in [1.165, 1.54) is 48.5 Å². The predicted molar refractivity (Wildman–Crippen MR) is 101 cm³/mol. The summed E-state index contributed by atoms with van der Waals surface area (Å²) in [5.41, 5.74) is 5.30. The minimum absolute atomic E-state index is 0.0574. The number of benzene rings is 2. The minimum atomic E-state index is -4.90. The lowest BCUT2D eigenvalue weighted by atomic mass is 10.1. The molecule has 0 aliphatic heterocycles. The quantitative estimate of drug-likeness (QED) is 0.418. The zero-order valence-corrected chi connectivity index (χ0v) is 15.3. The third-order valence-electron chi connectivity index (χ3n) is 4.28. The van der Waals surface area contributed by atoms with E-state index in [0.29, 0.717) is 20.4 Å². The molecule has 0 aliphatic carbocycles. The highest BCUT2D eigenvalue weighted by atomic mass is 19.4. The molecule has 8 nitrogen and oxygen atoms in total. The third kappa shape index (κ3) is 4.24. The van der Waals surface area contributed by atoms with Crippen LogP contribution in [0.3, 0.4) is 0 Å². The van der Waals surface area contributed by atoms with Crippen LogP contribution in [-0.4, -0.2) is 31.3 Å². The maximum absolute atomic E-state index is 13.6. The van der Waals surface area contributed by atoms with Crippen LogP contribution in [0.5, 0.6) is 0 Å². The first-order chi connectivity index (χ1) is 14.1. The maximum Gasteiger partial charge on any atom is 0.452 e. The Balaban J connectivity index is 2.07. The Morgan fingerprint density at radius 3 is 2.13 bits per heavy atom. The normalized spacial score (nSPS) is 11.4. The molecule has 30 heavy (non-hydrogen) atoms. The number of rotatable bonds is 6. The van der Waals surface area contributed by atoms with E-state index in [1.54, 1.807) is 0 Å². The number of nitrogens with zero attached hydrogens (tertiary/aromatic N) is 3. The van der Waals surface area contributed by atoms with Gasteiger partial charge in [-0.2, -0.15) is 17.9 Å². The number of hydrogen-bond acceptors (Lipinski definition) is 4. The number of carboxylic acid groups (broad SMARTS) is 1. The SMILES string of the molecule is N=C(N)c1ccc(-n2nc(C(F)(F)F)n(-c3ccc(CCC(=O)O)cc3)c2=O)cc1. The topological polar surface area (TPSA) is 127 Å². The maximum atomic E-state index is 13.6. The van der Waals surface area contributed by atoms with Crippen molar-refractivity contribution in [1.29, 1.82) is 5.41 Å². The highest BCUT2D eigenvalue weighted by Gasteiger charge is 2.39. The lowest BCUT2D eigenvalue weighted by Crippen LogP contribution is -2.25. The van der Waals surface area contributed by atoms with Gasteiger partial charge in [-0.1, -0.05) is 12.1 Å². The van der Waals surface area contributed by atoms with Gasteiger partial charge in [-0.15, -0.1) is 5.10 Å². The van der Waals surface area contributed by atoms with Crippen LogP contribution < -0.4 is 11.4 Å². The number of aryl methyl sites for hydroxylation is 1. The average Bonchev–Trinajstić information content (AvgIpc) is 3.04. The number of nitrogen functional groups attached to an aromatic ring is 1. The Bertz CT molecular complexity index is 1150. The molecule has 1 aromatic heterocycles. The van der Waals surface area contributed by atoms with Crippen molar-refractivity contribution in [3.05, 3.63) is 76.0 Å². The number of aromatic nitrogens is 3. The standard InChI is InChI=1S/C19H16F3N5O3/c20-19(21,22)17-25-27(14-8-4-12(5-9-14)16(23)24)18(30)26(17)13-6-1-11(2-7-13)3-10-15(28)29/h1-2,4-9H,3,10H2,(H3,23,24)(H,28,29). The van der Waals surface area contributed by atoms with Gasteiger partial charge < -0.3 is 10.8 Å². The zero-order chi connectivity index (χ0) is 22.1. The second-order valence-corrected chi connectivity index (χ2v) is 6.37. The van der Waals surface area contributed by atoms with Crippen LogP contribution >= 0.6 is 0 Å². The van der Waals surface area contributed by atoms with E-state index in [4.69, 9.17) is 16.2 Å². The van der Waals surface area contributed by atoms with E-state index in [2.05, 4.69) is 5.10 Å². The number of nitrogens with one attached hydrogen (secondary N) is 1. The zero-order valence-electron chi connectivity index (χ0n) is 15.3. The van der Waals surface area contributed by atoms with Gasteiger partial charge in [0, 0.05) is 12.0 Å². The van der Waals surface area contributed by atoms with Crippen molar-refractivity contribution >= 4 is 11.8 Å². The summed E-state index contributed by atoms with van der Waals surface area (Å²) in [4.78, 5) is 23.4. The average molecular weight is 419 g/mol. The van der Waals surface area contributed by atoms with Gasteiger partial charge in [-0.3, -0.25) is 10.2 Å². The Morgan fingerprint density at radius 2 is 1.63 bits per heavy atom. The molecule has 2 aromatic carbocycles. The van der Waals surface area contributed by atoms with Crippen LogP contribution in [0, 0.1) is 5.41 Å². The van der Waals surface area contributed by atoms with Gasteiger partial charge in [0.1, 0.15) is 5.84 Å². The molecule has 0 saturated heterocycles. The fourth-order valence-corrected chi connectivity index (χ4v) is 2.80. The molecule has 0 aliphatic rings. The van der Waals surface area contributed by atoms with Gasteiger partial charge in [-0.25, -0.2) is 9.36 Å². The van der Waals surface area contributed by atoms with E-state index in [0.717, 1.165) is 0 Å². The van der Waals surface area contributed by atoms with E-state index in [-0.39, 0.29) is 30.1 Å². The molecular formula is C19H16F3N5O3. The summed E-state index contributed by atoms with van der Waals surface area (Å²) in [5.74, 6) is -2.62. The van der Waals surface area contributed by atoms with Crippen LogP contribution in [-0.2, 0) is 17.4 Å². The molecule has 0 saturated carbocycles. The lowest BCUT2D eigenvalue weighted by molar-refractivity contribution is -0.146. The van der Waals surface area contributed by atoms with Crippen LogP contribution in [0.25, 0.3) is 11.4 Å². The molecule has 0 atom stereocenters. The highest BCUT2D eigenvalue weighted by molar-refractivity contribution is 5.95. The molecule has 0 radical (unpaired) electrons. The van der Waals surface area contributed by atoms with Crippen molar-refractivity contribution in [3.8, 4) is 11.4 Å². The van der Waals surface area contributed by atoms with Gasteiger partial charge >= 0.3 is 17.8 Å². The second kappa shape index (κ2) is 7.85. The van der Waals surface area contributed by atoms with Crippen LogP contribution in [0.1, 0.15) is 23.4 Å². The summed E-state index contributed by atoms with van der Waals surface area (Å²) in [6.07, 6.45) is -4.81. The Labute approximate surface area is 167 Å². The smallest absolute Gasteiger partial charge is 0.452 e. The third-order valence-corrected chi connectivity index (χ3v) is 4.28. The van der Waals surface area contributed by atoms with E-state index in [1.807, 2.05) is 0 Å². The van der Waals surface area contributed by atoms with E-state index in [9.17, 15) is 22.8 Å². The Kier molecular flexibility index (Phi) is 5.45. The van der Waals surface area contributed by atoms with Crippen molar-refractivity contribution in [2.75, 3.05) is 0 Å². The number of aliphatic carboxylic acids is 1. The number of carbonyl (C=O) groups is 1. The molecule has 0 bridgehead atoms. The van der Waals surface area contributed by atoms with Crippen LogP contribution in [0.15, 0.2) is 53.3 Å². The molecule has 0 fully saturated rings. The van der Waals surface area contributed by atoms with Crippen molar-refractivity contribution in [2.24, 2.45) is 5.73 Å². The van der Waals surface area contributed by atoms with E-state index < -0.39 is 23.7 Å². The fraction of sp³-hybridized carbons (Fsp3) is 0.158. The van der Waals surface area contributed by atoms with Gasteiger partial charge in [0.2, 0.25) is 5.82 Å². The van der Waals surface area contributed by atoms with Crippen molar-refractivity contribution < 1.29 is 23.1 Å². The molecule has 3 aromatic rings. The summed E-state index contributed by atoms with van der Waals surface area (Å²) in [7, 11) is 0. The number of hydrogen-bond donors (Lipinski definition) is 3. The minimum Gasteiger partial charge on any atom is -0.481 e. The first-order valence-corrected chi connectivity index (χ1v) is 8.63. The summed E-state index contributed by atoms with van der Waals surface area (Å²) >= 11 is 0. The van der Waals surface area contributed by atoms with Gasteiger partial charge in [0.25, 0.3) is 0 Å². The monoisotopic (exact) mass is 419 g/mol. The first-order valence-electron chi connectivity index (χ1n) is 8.63. The van der Waals surface area contributed by atoms with Crippen LogP contribution in [0.4, 0.5) is 13.2 Å². The number of carboxylic acids is 1. The molecule has 11 heteroatoms. The number of amidine groups is 1. The number of alkyl halides is 3. The molecule has 0 spiro atoms. The number of nitrogens with two attached hydrogens (primary N) is 1. The number of halogens is 3. The summed E-state index contributed by atoms with van der Waals surface area (Å²) in [6, 6.07) is 11.0. The van der Waals surface area contributed by atoms with Crippen molar-refractivity contribution in [2.45, 2.75) is 19.0 Å². The molecule has 1 heterocycles. The van der Waals surface area contributed by atoms with E-state index >= 15 is 0 Å². The predicted octanol–water partition coefficient (Wildman–Crippen LogP) is 2.34.